The number of nitrogens with one attached hydrogen (secondary N) is 1. The molecule has 8 nitrogen and oxygen atoms in total. The van der Waals surface area contributed by atoms with Gasteiger partial charge in [-0.15, -0.1) is 0 Å². The number of ether oxygens (including phenoxy) is 2. The van der Waals surface area contributed by atoms with Crippen LogP contribution in [0.5, 0.6) is 11.5 Å². The van der Waals surface area contributed by atoms with E-state index in [2.05, 4.69) is 4.98 Å². The number of hydrogen-bond acceptors (Lipinski definition) is 6. The molecule has 1 aliphatic rings. The van der Waals surface area contributed by atoms with Gasteiger partial charge in [-0.2, -0.15) is 0 Å². The summed E-state index contributed by atoms with van der Waals surface area (Å²) >= 11 is 6.05. The zero-order valence-electron chi connectivity index (χ0n) is 19.8. The number of benzene rings is 3. The van der Waals surface area contributed by atoms with E-state index in [1.807, 2.05) is 0 Å². The van der Waals surface area contributed by atoms with Crippen LogP contribution >= 0.6 is 11.6 Å². The Kier molecular flexibility index (Phi) is 6.50. The molecule has 3 aromatic carbocycles. The fourth-order valence-electron chi connectivity index (χ4n) is 4.08. The number of ketones is 1. The van der Waals surface area contributed by atoms with Crippen LogP contribution in [0.4, 0.5) is 0 Å². The molecule has 1 heterocycles. The second-order valence-electron chi connectivity index (χ2n) is 8.94. The van der Waals surface area contributed by atoms with Gasteiger partial charge in [-0.3, -0.25) is 9.59 Å². The second kappa shape index (κ2) is 9.91. The Morgan fingerprint density at radius 1 is 0.973 bits per heavy atom. The van der Waals surface area contributed by atoms with Gasteiger partial charge in [0.25, 0.3) is 5.91 Å². The highest BCUT2D eigenvalue weighted by atomic mass is 35.5. The Morgan fingerprint density at radius 2 is 1.78 bits per heavy atom. The van der Waals surface area contributed by atoms with Crippen molar-refractivity contribution in [1.82, 2.24) is 4.98 Å². The van der Waals surface area contributed by atoms with Gasteiger partial charge in [0.1, 0.15) is 11.5 Å². The number of aromatic nitrogens is 1. The SMILES string of the molecule is NC(=O)c1cc2cc(Cl)ccc2cc1OCC(=O)c1c[nH]c2cc(O/C(N)=C/C=C(\N)C3CC3)ccc12. The molecule has 0 bridgehead atoms. The smallest absolute Gasteiger partial charge is 0.252 e. The van der Waals surface area contributed by atoms with Crippen molar-refractivity contribution in [1.29, 1.82) is 0 Å². The number of nitrogens with two attached hydrogens (primary N) is 3. The standard InChI is InChI=1S/C28H25ClN4O4/c29-18-4-3-16-11-26(21(28(32)35)10-17(16)9-18)36-14-25(34)22-13-33-24-12-19(5-6-20(22)24)37-27(31)8-7-23(30)15-1-2-15/h3-13,15,33H,1-2,14,30-31H2,(H2,32,35)/b23-7-,27-8+. The summed E-state index contributed by atoms with van der Waals surface area (Å²) in [7, 11) is 0. The number of rotatable bonds is 9. The molecule has 0 atom stereocenters. The first-order valence-electron chi connectivity index (χ1n) is 11.7. The lowest BCUT2D eigenvalue weighted by molar-refractivity contribution is 0.0914. The van der Waals surface area contributed by atoms with Gasteiger partial charge in [0.15, 0.2) is 12.5 Å². The summed E-state index contributed by atoms with van der Waals surface area (Å²) in [5.41, 5.74) is 19.6. The van der Waals surface area contributed by atoms with E-state index < -0.39 is 5.91 Å². The van der Waals surface area contributed by atoms with Crippen LogP contribution in [0, 0.1) is 5.92 Å². The molecule has 0 radical (unpaired) electrons. The summed E-state index contributed by atoms with van der Waals surface area (Å²) in [4.78, 5) is 28.1. The number of hydrogen-bond donors (Lipinski definition) is 4. The van der Waals surface area contributed by atoms with Crippen LogP contribution in [0.15, 0.2) is 78.5 Å². The molecule has 4 aromatic rings. The number of H-pyrrole nitrogens is 1. The van der Waals surface area contributed by atoms with Crippen molar-refractivity contribution in [3.8, 4) is 11.5 Å². The number of Topliss-reactive ketones (excluding diaryl/α,β-unsaturated/α-hetero) is 1. The maximum atomic E-state index is 13.0. The molecule has 1 saturated carbocycles. The topological polar surface area (TPSA) is 146 Å². The van der Waals surface area contributed by atoms with Crippen LogP contribution in [0.2, 0.25) is 5.02 Å². The number of allylic oxidation sites excluding steroid dienone is 3. The van der Waals surface area contributed by atoms with E-state index >= 15 is 0 Å². The van der Waals surface area contributed by atoms with E-state index in [-0.39, 0.29) is 29.6 Å². The van der Waals surface area contributed by atoms with Crippen LogP contribution in [-0.4, -0.2) is 23.3 Å². The Labute approximate surface area is 217 Å². The highest BCUT2D eigenvalue weighted by Crippen LogP contribution is 2.34. The van der Waals surface area contributed by atoms with Crippen molar-refractivity contribution in [3.05, 3.63) is 94.6 Å². The second-order valence-corrected chi connectivity index (χ2v) is 9.37. The summed E-state index contributed by atoms with van der Waals surface area (Å²) in [6, 6.07) is 13.8. The number of carbonyl (C=O) groups excluding carboxylic acids is 2. The number of primary amides is 1. The average Bonchev–Trinajstić information content (AvgIpc) is 3.64. The molecular formula is C28H25ClN4O4. The first kappa shape index (κ1) is 24.3. The van der Waals surface area contributed by atoms with Gasteiger partial charge in [0.2, 0.25) is 5.78 Å². The van der Waals surface area contributed by atoms with Crippen LogP contribution in [-0.2, 0) is 0 Å². The summed E-state index contributed by atoms with van der Waals surface area (Å²) in [6.45, 7) is -0.283. The third-order valence-electron chi connectivity index (χ3n) is 6.20. The largest absolute Gasteiger partial charge is 0.485 e. The highest BCUT2D eigenvalue weighted by molar-refractivity contribution is 6.31. The predicted molar refractivity (Wildman–Crippen MR) is 143 cm³/mol. The Morgan fingerprint density at radius 3 is 2.54 bits per heavy atom. The van der Waals surface area contributed by atoms with Crippen LogP contribution in [0.1, 0.15) is 33.6 Å². The molecule has 1 fully saturated rings. The summed E-state index contributed by atoms with van der Waals surface area (Å²) in [5, 5.41) is 2.78. The highest BCUT2D eigenvalue weighted by Gasteiger charge is 2.23. The average molecular weight is 517 g/mol. The van der Waals surface area contributed by atoms with Crippen molar-refractivity contribution in [3.63, 3.8) is 0 Å². The number of aromatic amines is 1. The van der Waals surface area contributed by atoms with Crippen LogP contribution < -0.4 is 26.7 Å². The molecule has 1 amide bonds. The number of fused-ring (bicyclic) bond motifs is 2. The van der Waals surface area contributed by atoms with Crippen molar-refractivity contribution in [2.24, 2.45) is 23.1 Å². The molecule has 9 heteroatoms. The van der Waals surface area contributed by atoms with Gasteiger partial charge >= 0.3 is 0 Å². The quantitative estimate of drug-likeness (QED) is 0.143. The first-order chi connectivity index (χ1) is 17.8. The molecule has 1 aromatic heterocycles. The molecule has 0 spiro atoms. The minimum Gasteiger partial charge on any atom is -0.485 e. The summed E-state index contributed by atoms with van der Waals surface area (Å²) < 4.78 is 11.4. The summed E-state index contributed by atoms with van der Waals surface area (Å²) in [6.07, 6.45) is 7.23. The number of amides is 1. The molecule has 188 valence electrons. The Bertz CT molecular complexity index is 1600. The summed E-state index contributed by atoms with van der Waals surface area (Å²) in [5.74, 6) is 0.461. The molecule has 37 heavy (non-hydrogen) atoms. The molecule has 0 unspecified atom stereocenters. The third kappa shape index (κ3) is 5.39. The van der Waals surface area contributed by atoms with Gasteiger partial charge < -0.3 is 31.7 Å². The Hall–Kier alpha value is -4.43. The Balaban J connectivity index is 1.31. The zero-order chi connectivity index (χ0) is 26.1. The zero-order valence-corrected chi connectivity index (χ0v) is 20.5. The molecule has 5 rings (SSSR count). The fraction of sp³-hybridized carbons (Fsp3) is 0.143. The minimum atomic E-state index is -0.664. The van der Waals surface area contributed by atoms with E-state index in [1.165, 1.54) is 0 Å². The first-order valence-corrected chi connectivity index (χ1v) is 12.1. The molecule has 7 N–H and O–H groups in total. The van der Waals surface area contributed by atoms with Crippen molar-refractivity contribution >= 4 is 45.0 Å². The van der Waals surface area contributed by atoms with Gasteiger partial charge in [-0.1, -0.05) is 17.7 Å². The van der Waals surface area contributed by atoms with Crippen LogP contribution in [0.25, 0.3) is 21.7 Å². The maximum Gasteiger partial charge on any atom is 0.252 e. The maximum absolute atomic E-state index is 13.0. The van der Waals surface area contributed by atoms with E-state index in [0.717, 1.165) is 29.3 Å². The van der Waals surface area contributed by atoms with E-state index in [1.54, 1.807) is 66.9 Å². The third-order valence-corrected chi connectivity index (χ3v) is 6.44. The lowest BCUT2D eigenvalue weighted by Gasteiger charge is -2.11. The van der Waals surface area contributed by atoms with Crippen molar-refractivity contribution in [2.75, 3.05) is 6.61 Å². The molecule has 1 aliphatic carbocycles. The number of halogens is 1. The van der Waals surface area contributed by atoms with E-state index in [0.29, 0.717) is 33.2 Å². The van der Waals surface area contributed by atoms with Gasteiger partial charge in [0.05, 0.1) is 5.56 Å². The van der Waals surface area contributed by atoms with Gasteiger partial charge in [0, 0.05) is 39.4 Å². The predicted octanol–water partition coefficient (Wildman–Crippen LogP) is 4.77. The molecule has 0 saturated heterocycles. The number of carbonyl (C=O) groups is 2. The van der Waals surface area contributed by atoms with Crippen LogP contribution in [0.3, 0.4) is 0 Å². The normalized spacial score (nSPS) is 14.2. The monoisotopic (exact) mass is 516 g/mol. The molecular weight excluding hydrogens is 492 g/mol. The lowest BCUT2D eigenvalue weighted by atomic mass is 10.1. The molecule has 0 aliphatic heterocycles. The van der Waals surface area contributed by atoms with E-state index in [4.69, 9.17) is 38.3 Å². The van der Waals surface area contributed by atoms with Gasteiger partial charge in [-0.05, 0) is 78.1 Å². The fourth-order valence-corrected chi connectivity index (χ4v) is 4.26. The van der Waals surface area contributed by atoms with Crippen molar-refractivity contribution < 1.29 is 19.1 Å². The lowest BCUT2D eigenvalue weighted by Crippen LogP contribution is -2.16. The van der Waals surface area contributed by atoms with Gasteiger partial charge in [-0.25, -0.2) is 0 Å². The van der Waals surface area contributed by atoms with Crippen molar-refractivity contribution in [2.45, 2.75) is 12.8 Å². The van der Waals surface area contributed by atoms with E-state index in [9.17, 15) is 9.59 Å². The minimum absolute atomic E-state index is 0.169.